The highest BCUT2D eigenvalue weighted by molar-refractivity contribution is 6.29. The van der Waals surface area contributed by atoms with E-state index in [1.165, 1.54) is 0 Å². The number of rotatable bonds is 0. The molecule has 0 saturated heterocycles. The normalized spacial score (nSPS) is 9.67. The molecule has 0 atom stereocenters. The van der Waals surface area contributed by atoms with E-state index in [0.29, 0.717) is 5.15 Å². The molecule has 0 aromatic carbocycles. The third kappa shape index (κ3) is 1.39. The molecule has 1 aromatic heterocycles. The predicted octanol–water partition coefficient (Wildman–Crippen LogP) is 1.75. The smallest absolute Gasteiger partial charge is 0.150 e. The van der Waals surface area contributed by atoms with E-state index < -0.39 is 0 Å². The summed E-state index contributed by atoms with van der Waals surface area (Å²) in [5.41, 5.74) is 1.69. The molecular weight excluding hydrogens is 136 g/mol. The lowest BCUT2D eigenvalue weighted by Crippen LogP contribution is -1.88. The molecule has 9 heavy (non-hydrogen) atoms. The average Bonchev–Trinajstić information content (AvgIpc) is 1.80. The zero-order valence-electron chi connectivity index (χ0n) is 5.35. The standard InChI is InChI=1S/C6H7ClN2/c1-4-3-8-6(7)5(2)9-4/h3H,1-2H3. The van der Waals surface area contributed by atoms with Crippen LogP contribution in [0.5, 0.6) is 0 Å². The van der Waals surface area contributed by atoms with E-state index in [1.807, 2.05) is 13.8 Å². The average molecular weight is 143 g/mol. The van der Waals surface area contributed by atoms with Crippen molar-refractivity contribution in [1.82, 2.24) is 9.97 Å². The molecule has 0 aliphatic rings. The van der Waals surface area contributed by atoms with Gasteiger partial charge in [-0.2, -0.15) is 0 Å². The Bertz CT molecular complexity index is 222. The SMILES string of the molecule is Cc1cnc(Cl)c(C)n1. The Morgan fingerprint density at radius 3 is 2.56 bits per heavy atom. The van der Waals surface area contributed by atoms with Crippen LogP contribution >= 0.6 is 11.6 Å². The number of halogens is 1. The van der Waals surface area contributed by atoms with Crippen LogP contribution in [0.1, 0.15) is 11.4 Å². The fraction of sp³-hybridized carbons (Fsp3) is 0.333. The van der Waals surface area contributed by atoms with E-state index in [0.717, 1.165) is 11.4 Å². The van der Waals surface area contributed by atoms with Crippen molar-refractivity contribution < 1.29 is 0 Å². The summed E-state index contributed by atoms with van der Waals surface area (Å²) in [6.07, 6.45) is 1.65. The van der Waals surface area contributed by atoms with Gasteiger partial charge < -0.3 is 0 Å². The molecule has 3 heteroatoms. The van der Waals surface area contributed by atoms with Crippen LogP contribution in [0.15, 0.2) is 6.20 Å². The molecule has 48 valence electrons. The maximum absolute atomic E-state index is 5.61. The van der Waals surface area contributed by atoms with Gasteiger partial charge in [-0.15, -0.1) is 0 Å². The lowest BCUT2D eigenvalue weighted by Gasteiger charge is -1.94. The highest BCUT2D eigenvalue weighted by atomic mass is 35.5. The van der Waals surface area contributed by atoms with Crippen molar-refractivity contribution in [3.8, 4) is 0 Å². The fourth-order valence-corrected chi connectivity index (χ4v) is 0.674. The third-order valence-electron chi connectivity index (χ3n) is 1.01. The van der Waals surface area contributed by atoms with Crippen LogP contribution in [0.3, 0.4) is 0 Å². The summed E-state index contributed by atoms with van der Waals surface area (Å²) in [6, 6.07) is 0. The van der Waals surface area contributed by atoms with Crippen LogP contribution in [0.2, 0.25) is 5.15 Å². The summed E-state index contributed by atoms with van der Waals surface area (Å²) >= 11 is 5.61. The molecule has 0 amide bonds. The quantitative estimate of drug-likeness (QED) is 0.552. The van der Waals surface area contributed by atoms with Gasteiger partial charge in [0.05, 0.1) is 11.4 Å². The minimum atomic E-state index is 0.487. The summed E-state index contributed by atoms with van der Waals surface area (Å²) in [6.45, 7) is 3.72. The van der Waals surface area contributed by atoms with E-state index >= 15 is 0 Å². The van der Waals surface area contributed by atoms with Gasteiger partial charge in [0.15, 0.2) is 0 Å². The van der Waals surface area contributed by atoms with Crippen LogP contribution in [0.25, 0.3) is 0 Å². The summed E-state index contributed by atoms with van der Waals surface area (Å²) in [4.78, 5) is 7.96. The lowest BCUT2D eigenvalue weighted by atomic mass is 10.4. The maximum atomic E-state index is 5.61. The molecular formula is C6H7ClN2. The molecule has 0 bridgehead atoms. The van der Waals surface area contributed by atoms with Crippen molar-refractivity contribution in [1.29, 1.82) is 0 Å². The van der Waals surface area contributed by atoms with Gasteiger partial charge in [0.2, 0.25) is 0 Å². The Hall–Kier alpha value is -0.630. The molecule has 1 rings (SSSR count). The van der Waals surface area contributed by atoms with Crippen LogP contribution in [-0.2, 0) is 0 Å². The van der Waals surface area contributed by atoms with Crippen molar-refractivity contribution in [2.45, 2.75) is 13.8 Å². The van der Waals surface area contributed by atoms with Crippen molar-refractivity contribution in [2.75, 3.05) is 0 Å². The lowest BCUT2D eigenvalue weighted by molar-refractivity contribution is 1.05. The molecule has 2 nitrogen and oxygen atoms in total. The van der Waals surface area contributed by atoms with Crippen LogP contribution in [-0.4, -0.2) is 9.97 Å². The Labute approximate surface area is 58.9 Å². The first-order chi connectivity index (χ1) is 4.20. The Balaban J connectivity index is 3.17. The molecule has 0 unspecified atom stereocenters. The van der Waals surface area contributed by atoms with Crippen LogP contribution in [0.4, 0.5) is 0 Å². The molecule has 0 N–H and O–H groups in total. The van der Waals surface area contributed by atoms with Gasteiger partial charge in [0, 0.05) is 6.20 Å². The topological polar surface area (TPSA) is 25.8 Å². The molecule has 0 aliphatic heterocycles. The zero-order chi connectivity index (χ0) is 6.85. The highest BCUT2D eigenvalue weighted by Crippen LogP contribution is 2.07. The number of nitrogens with zero attached hydrogens (tertiary/aromatic N) is 2. The van der Waals surface area contributed by atoms with E-state index in [2.05, 4.69) is 9.97 Å². The molecule has 0 spiro atoms. The molecule has 0 radical (unpaired) electrons. The number of aromatic nitrogens is 2. The molecule has 0 aliphatic carbocycles. The van der Waals surface area contributed by atoms with Crippen LogP contribution in [0, 0.1) is 13.8 Å². The Morgan fingerprint density at radius 2 is 2.11 bits per heavy atom. The van der Waals surface area contributed by atoms with Gasteiger partial charge >= 0.3 is 0 Å². The second-order valence-corrected chi connectivity index (χ2v) is 2.25. The van der Waals surface area contributed by atoms with Crippen molar-refractivity contribution in [2.24, 2.45) is 0 Å². The first-order valence-electron chi connectivity index (χ1n) is 2.66. The van der Waals surface area contributed by atoms with Crippen molar-refractivity contribution >= 4 is 11.6 Å². The van der Waals surface area contributed by atoms with Crippen molar-refractivity contribution in [3.63, 3.8) is 0 Å². The van der Waals surface area contributed by atoms with Gasteiger partial charge in [-0.1, -0.05) is 11.6 Å². The van der Waals surface area contributed by atoms with Gasteiger partial charge in [0.1, 0.15) is 5.15 Å². The van der Waals surface area contributed by atoms with Gasteiger partial charge in [-0.3, -0.25) is 4.98 Å². The maximum Gasteiger partial charge on any atom is 0.150 e. The fourth-order valence-electron chi connectivity index (χ4n) is 0.583. The third-order valence-corrected chi connectivity index (χ3v) is 1.38. The molecule has 0 fully saturated rings. The highest BCUT2D eigenvalue weighted by Gasteiger charge is 1.94. The molecule has 1 heterocycles. The number of aryl methyl sites for hydroxylation is 2. The van der Waals surface area contributed by atoms with E-state index in [1.54, 1.807) is 6.20 Å². The monoisotopic (exact) mass is 142 g/mol. The summed E-state index contributed by atoms with van der Waals surface area (Å²) in [7, 11) is 0. The van der Waals surface area contributed by atoms with Gasteiger partial charge in [-0.25, -0.2) is 4.98 Å². The second-order valence-electron chi connectivity index (χ2n) is 1.89. The summed E-state index contributed by atoms with van der Waals surface area (Å²) < 4.78 is 0. The van der Waals surface area contributed by atoms with E-state index in [9.17, 15) is 0 Å². The van der Waals surface area contributed by atoms with E-state index in [4.69, 9.17) is 11.6 Å². The minimum absolute atomic E-state index is 0.487. The zero-order valence-corrected chi connectivity index (χ0v) is 6.11. The minimum Gasteiger partial charge on any atom is -0.254 e. The van der Waals surface area contributed by atoms with Crippen LogP contribution < -0.4 is 0 Å². The first kappa shape index (κ1) is 6.49. The van der Waals surface area contributed by atoms with Gasteiger partial charge in [-0.05, 0) is 13.8 Å². The summed E-state index contributed by atoms with van der Waals surface area (Å²) in [5, 5.41) is 0.487. The number of hydrogen-bond donors (Lipinski definition) is 0. The second kappa shape index (κ2) is 2.31. The van der Waals surface area contributed by atoms with Gasteiger partial charge in [0.25, 0.3) is 0 Å². The predicted molar refractivity (Wildman–Crippen MR) is 36.5 cm³/mol. The van der Waals surface area contributed by atoms with Crippen molar-refractivity contribution in [3.05, 3.63) is 22.7 Å². The van der Waals surface area contributed by atoms with E-state index in [-0.39, 0.29) is 0 Å². The Morgan fingerprint density at radius 1 is 1.44 bits per heavy atom. The first-order valence-corrected chi connectivity index (χ1v) is 3.03. The number of hydrogen-bond acceptors (Lipinski definition) is 2. The largest absolute Gasteiger partial charge is 0.254 e. The Kier molecular flexibility index (Phi) is 1.67. The summed E-state index contributed by atoms with van der Waals surface area (Å²) in [5.74, 6) is 0. The molecule has 1 aromatic rings. The molecule has 0 saturated carbocycles.